The van der Waals surface area contributed by atoms with Gasteiger partial charge in [-0.15, -0.1) is 0 Å². The van der Waals surface area contributed by atoms with Gasteiger partial charge in [0.1, 0.15) is 4.60 Å². The topological polar surface area (TPSA) is 47.0 Å². The second-order valence-electron chi connectivity index (χ2n) is 2.68. The lowest BCUT2D eigenvalue weighted by Crippen LogP contribution is -2.03. The molecule has 0 saturated carbocycles. The van der Waals surface area contributed by atoms with Crippen molar-refractivity contribution in [2.75, 3.05) is 0 Å². The molecule has 0 spiro atoms. The molecule has 0 unspecified atom stereocenters. The maximum Gasteiger partial charge on any atom is 0.266 e. The monoisotopic (exact) mass is 319 g/mol. The zero-order valence-electron chi connectivity index (χ0n) is 7.34. The Hall–Kier alpha value is -0.270. The third-order valence-corrected chi connectivity index (χ3v) is 3.43. The number of hydrogen-bond acceptors (Lipinski definition) is 3. The van der Waals surface area contributed by atoms with E-state index in [1.807, 2.05) is 0 Å². The van der Waals surface area contributed by atoms with Crippen LogP contribution in [0.2, 0.25) is 0 Å². The first-order chi connectivity index (χ1) is 6.73. The minimum Gasteiger partial charge on any atom is -0.246 e. The van der Waals surface area contributed by atoms with Gasteiger partial charge in [-0.05, 0) is 28.9 Å². The van der Waals surface area contributed by atoms with Crippen LogP contribution in [0.5, 0.6) is 0 Å². The predicted molar refractivity (Wildman–Crippen MR) is 54.7 cm³/mol. The molecule has 0 radical (unpaired) electrons. The average Bonchev–Trinajstić information content (AvgIpc) is 1.99. The molecule has 0 aliphatic heterocycles. The van der Waals surface area contributed by atoms with Crippen molar-refractivity contribution < 1.29 is 17.2 Å². The highest BCUT2D eigenvalue weighted by molar-refractivity contribution is 9.10. The number of aryl methyl sites for hydroxylation is 1. The Balaban J connectivity index is 3.62. The predicted octanol–water partition coefficient (Wildman–Crippen LogP) is 3.02. The molecule has 84 valence electrons. The Morgan fingerprint density at radius 3 is 2.47 bits per heavy atom. The van der Waals surface area contributed by atoms with Gasteiger partial charge in [0.25, 0.3) is 15.5 Å². The number of aromatic nitrogens is 1. The molecule has 0 amide bonds. The first-order valence-corrected chi connectivity index (χ1v) is 6.73. The zero-order chi connectivity index (χ0) is 11.8. The highest BCUT2D eigenvalue weighted by Crippen LogP contribution is 2.32. The van der Waals surface area contributed by atoms with Crippen LogP contribution < -0.4 is 0 Å². The number of rotatable bonds is 2. The molecular weight excluding hydrogens is 316 g/mol. The smallest absolute Gasteiger partial charge is 0.246 e. The molecule has 1 heterocycles. The van der Waals surface area contributed by atoms with E-state index in [0.29, 0.717) is 0 Å². The molecule has 0 N–H and O–H groups in total. The first-order valence-electron chi connectivity index (χ1n) is 3.63. The van der Waals surface area contributed by atoms with Crippen LogP contribution in [0.25, 0.3) is 0 Å². The summed E-state index contributed by atoms with van der Waals surface area (Å²) in [6.07, 6.45) is -2.94. The highest BCUT2D eigenvalue weighted by Gasteiger charge is 2.25. The summed E-state index contributed by atoms with van der Waals surface area (Å²) < 4.78 is 47.4. The van der Waals surface area contributed by atoms with Gasteiger partial charge in [-0.2, -0.15) is 0 Å². The molecule has 0 aliphatic carbocycles. The largest absolute Gasteiger partial charge is 0.266 e. The summed E-state index contributed by atoms with van der Waals surface area (Å²) in [5, 5.41) is 0. The molecule has 0 saturated heterocycles. The summed E-state index contributed by atoms with van der Waals surface area (Å²) in [6, 6.07) is 0.955. The van der Waals surface area contributed by atoms with Crippen LogP contribution in [0.3, 0.4) is 0 Å². The molecule has 1 rings (SSSR count). The summed E-state index contributed by atoms with van der Waals surface area (Å²) in [5.74, 6) is 0. The fraction of sp³-hybridized carbons (Fsp3) is 0.286. The molecule has 0 bridgehead atoms. The molecule has 1 aromatic heterocycles. The van der Waals surface area contributed by atoms with E-state index >= 15 is 0 Å². The van der Waals surface area contributed by atoms with Crippen molar-refractivity contribution in [2.24, 2.45) is 0 Å². The molecule has 15 heavy (non-hydrogen) atoms. The molecule has 0 aliphatic rings. The SMILES string of the molecule is Cc1nc(Br)cc(S(=O)(=O)Cl)c1C(F)F. The van der Waals surface area contributed by atoms with Gasteiger partial charge in [0.05, 0.1) is 10.5 Å². The van der Waals surface area contributed by atoms with E-state index in [2.05, 4.69) is 20.9 Å². The second kappa shape index (κ2) is 4.31. The van der Waals surface area contributed by atoms with E-state index < -0.39 is 25.9 Å². The van der Waals surface area contributed by atoms with Crippen molar-refractivity contribution in [1.82, 2.24) is 4.98 Å². The van der Waals surface area contributed by atoms with E-state index in [4.69, 9.17) is 10.7 Å². The van der Waals surface area contributed by atoms with Gasteiger partial charge in [-0.1, -0.05) is 0 Å². The van der Waals surface area contributed by atoms with Gasteiger partial charge in [-0.25, -0.2) is 22.2 Å². The summed E-state index contributed by atoms with van der Waals surface area (Å²) in [4.78, 5) is 3.07. The van der Waals surface area contributed by atoms with Crippen LogP contribution in [0.4, 0.5) is 8.78 Å². The lowest BCUT2D eigenvalue weighted by molar-refractivity contribution is 0.146. The van der Waals surface area contributed by atoms with E-state index in [9.17, 15) is 17.2 Å². The van der Waals surface area contributed by atoms with Crippen LogP contribution in [-0.4, -0.2) is 13.4 Å². The van der Waals surface area contributed by atoms with Crippen LogP contribution in [0.15, 0.2) is 15.6 Å². The molecule has 0 aromatic carbocycles. The molecule has 0 atom stereocenters. The van der Waals surface area contributed by atoms with Crippen molar-refractivity contribution in [3.8, 4) is 0 Å². The Morgan fingerprint density at radius 2 is 2.07 bits per heavy atom. The number of nitrogens with zero attached hydrogens (tertiary/aromatic N) is 1. The van der Waals surface area contributed by atoms with Gasteiger partial charge >= 0.3 is 0 Å². The Bertz CT molecular complexity index is 492. The molecule has 8 heteroatoms. The highest BCUT2D eigenvalue weighted by atomic mass is 79.9. The molecular formula is C7H5BrClF2NO2S. The van der Waals surface area contributed by atoms with E-state index in [0.717, 1.165) is 6.07 Å². The van der Waals surface area contributed by atoms with Gasteiger partial charge in [0.15, 0.2) is 0 Å². The summed E-state index contributed by atoms with van der Waals surface area (Å²) >= 11 is 2.91. The third kappa shape index (κ3) is 2.85. The fourth-order valence-corrected chi connectivity index (χ4v) is 2.87. The van der Waals surface area contributed by atoms with Crippen LogP contribution in [0, 0.1) is 6.92 Å². The standard InChI is InChI=1S/C7H5BrClF2NO2S/c1-3-6(7(10)11)4(15(9,13)14)2-5(8)12-3/h2,7H,1H3. The Kier molecular flexibility index (Phi) is 3.67. The number of alkyl halides is 2. The average molecular weight is 321 g/mol. The second-order valence-corrected chi connectivity index (χ2v) is 6.03. The van der Waals surface area contributed by atoms with Crippen molar-refractivity contribution in [2.45, 2.75) is 18.2 Å². The summed E-state index contributed by atoms with van der Waals surface area (Å²) in [6.45, 7) is 1.29. The first kappa shape index (κ1) is 12.8. The maximum absolute atomic E-state index is 12.6. The molecule has 0 fully saturated rings. The lowest BCUT2D eigenvalue weighted by atomic mass is 10.2. The van der Waals surface area contributed by atoms with Gasteiger partial charge in [0, 0.05) is 16.4 Å². The number of halogens is 4. The maximum atomic E-state index is 12.6. The molecule has 1 aromatic rings. The van der Waals surface area contributed by atoms with Crippen molar-refractivity contribution in [3.63, 3.8) is 0 Å². The van der Waals surface area contributed by atoms with Crippen molar-refractivity contribution >= 4 is 35.7 Å². The van der Waals surface area contributed by atoms with E-state index in [1.165, 1.54) is 6.92 Å². The van der Waals surface area contributed by atoms with E-state index in [1.54, 1.807) is 0 Å². The quantitative estimate of drug-likeness (QED) is 0.621. The summed E-state index contributed by atoms with van der Waals surface area (Å²) in [5.41, 5.74) is -0.730. The summed E-state index contributed by atoms with van der Waals surface area (Å²) in [7, 11) is 0.841. The van der Waals surface area contributed by atoms with Crippen LogP contribution in [-0.2, 0) is 9.05 Å². The van der Waals surface area contributed by atoms with Gasteiger partial charge in [-0.3, -0.25) is 0 Å². The third-order valence-electron chi connectivity index (χ3n) is 1.66. The van der Waals surface area contributed by atoms with E-state index in [-0.39, 0.29) is 10.3 Å². The zero-order valence-corrected chi connectivity index (χ0v) is 10.5. The normalized spacial score (nSPS) is 12.1. The van der Waals surface area contributed by atoms with Crippen molar-refractivity contribution in [1.29, 1.82) is 0 Å². The van der Waals surface area contributed by atoms with Crippen molar-refractivity contribution in [3.05, 3.63) is 21.9 Å². The fourth-order valence-electron chi connectivity index (χ4n) is 1.08. The van der Waals surface area contributed by atoms with Gasteiger partial charge in [0.2, 0.25) is 0 Å². The van der Waals surface area contributed by atoms with Crippen LogP contribution in [0.1, 0.15) is 17.7 Å². The number of hydrogen-bond donors (Lipinski definition) is 0. The minimum atomic E-state index is -4.20. The number of pyridine rings is 1. The van der Waals surface area contributed by atoms with Gasteiger partial charge < -0.3 is 0 Å². The Morgan fingerprint density at radius 1 is 1.53 bits per heavy atom. The molecule has 3 nitrogen and oxygen atoms in total. The lowest BCUT2D eigenvalue weighted by Gasteiger charge is -2.09. The van der Waals surface area contributed by atoms with Crippen LogP contribution >= 0.6 is 26.6 Å². The Labute approximate surface area is 98.0 Å². The minimum absolute atomic E-state index is 0.0707.